The molecule has 0 aliphatic heterocycles. The molecule has 1 heterocycles. The summed E-state index contributed by atoms with van der Waals surface area (Å²) in [6.45, 7) is 3.85. The Morgan fingerprint density at radius 1 is 1.20 bits per heavy atom. The van der Waals surface area contributed by atoms with Crippen molar-refractivity contribution in [1.29, 1.82) is 0 Å². The van der Waals surface area contributed by atoms with E-state index in [0.29, 0.717) is 27.1 Å². The van der Waals surface area contributed by atoms with Crippen LogP contribution in [0.1, 0.15) is 31.2 Å². The summed E-state index contributed by atoms with van der Waals surface area (Å²) in [5.41, 5.74) is 0.980. The van der Waals surface area contributed by atoms with Crippen LogP contribution in [0, 0.1) is 0 Å². The number of rotatable bonds is 4. The summed E-state index contributed by atoms with van der Waals surface area (Å²) in [7, 11) is 0. The molecule has 1 aromatic carbocycles. The number of benzene rings is 1. The van der Waals surface area contributed by atoms with Crippen molar-refractivity contribution in [2.45, 2.75) is 26.1 Å². The van der Waals surface area contributed by atoms with Gasteiger partial charge in [0.15, 0.2) is 0 Å². The second kappa shape index (κ2) is 6.44. The molecule has 0 amide bonds. The molecular weight excluding hydrogens is 297 g/mol. The van der Waals surface area contributed by atoms with Crippen LogP contribution in [0.2, 0.25) is 10.0 Å². The second-order valence-electron chi connectivity index (χ2n) is 4.63. The minimum atomic E-state index is -0.963. The number of halogens is 2. The molecule has 2 aromatic rings. The summed E-state index contributed by atoms with van der Waals surface area (Å²) >= 11 is 11.9. The van der Waals surface area contributed by atoms with Gasteiger partial charge >= 0.3 is 0 Å². The maximum Gasteiger partial charge on any atom is 0.126 e. The van der Waals surface area contributed by atoms with Crippen LogP contribution >= 0.6 is 23.2 Å². The van der Waals surface area contributed by atoms with E-state index in [0.717, 1.165) is 0 Å². The molecule has 0 saturated heterocycles. The van der Waals surface area contributed by atoms with Gasteiger partial charge in [0.25, 0.3) is 0 Å². The molecule has 106 valence electrons. The zero-order valence-corrected chi connectivity index (χ0v) is 12.7. The zero-order valence-electron chi connectivity index (χ0n) is 11.2. The van der Waals surface area contributed by atoms with Crippen LogP contribution < -0.4 is 4.74 Å². The first-order valence-electron chi connectivity index (χ1n) is 6.23. The van der Waals surface area contributed by atoms with Crippen LogP contribution in [0.5, 0.6) is 5.75 Å². The summed E-state index contributed by atoms with van der Waals surface area (Å²) in [5.74, 6) is 0.614. The van der Waals surface area contributed by atoms with Gasteiger partial charge in [0.2, 0.25) is 0 Å². The van der Waals surface area contributed by atoms with Crippen molar-refractivity contribution in [3.8, 4) is 5.75 Å². The molecule has 2 rings (SSSR count). The highest BCUT2D eigenvalue weighted by atomic mass is 35.5. The van der Waals surface area contributed by atoms with Gasteiger partial charge in [0.1, 0.15) is 11.9 Å². The minimum Gasteiger partial charge on any atom is -0.491 e. The third-order valence-corrected chi connectivity index (χ3v) is 3.18. The van der Waals surface area contributed by atoms with Gasteiger partial charge in [-0.3, -0.25) is 4.98 Å². The molecule has 0 radical (unpaired) electrons. The number of hydrogen-bond acceptors (Lipinski definition) is 3. The Hall–Kier alpha value is -1.29. The first kappa shape index (κ1) is 15.1. The van der Waals surface area contributed by atoms with Gasteiger partial charge in [-0.1, -0.05) is 41.4 Å². The van der Waals surface area contributed by atoms with Gasteiger partial charge in [0, 0.05) is 11.8 Å². The summed E-state index contributed by atoms with van der Waals surface area (Å²) in [6, 6.07) is 8.83. The third-order valence-electron chi connectivity index (χ3n) is 2.67. The summed E-state index contributed by atoms with van der Waals surface area (Å²) in [6.07, 6.45) is 0.504. The molecule has 1 unspecified atom stereocenters. The zero-order chi connectivity index (χ0) is 14.7. The monoisotopic (exact) mass is 311 g/mol. The number of pyridine rings is 1. The van der Waals surface area contributed by atoms with Crippen LogP contribution in [0.25, 0.3) is 0 Å². The fourth-order valence-corrected chi connectivity index (χ4v) is 2.32. The third kappa shape index (κ3) is 3.42. The number of aromatic nitrogens is 1. The van der Waals surface area contributed by atoms with E-state index in [1.807, 2.05) is 32.0 Å². The van der Waals surface area contributed by atoms with Crippen molar-refractivity contribution in [3.05, 3.63) is 57.8 Å². The Kier molecular flexibility index (Phi) is 4.86. The lowest BCUT2D eigenvalue weighted by molar-refractivity contribution is 0.195. The molecule has 0 fully saturated rings. The fraction of sp³-hybridized carbons (Fsp3) is 0.267. The van der Waals surface area contributed by atoms with E-state index in [1.54, 1.807) is 12.1 Å². The average molecular weight is 312 g/mol. The number of aliphatic hydroxyl groups is 1. The lowest BCUT2D eigenvalue weighted by atomic mass is 10.0. The number of nitrogens with zero attached hydrogens (tertiary/aromatic N) is 1. The summed E-state index contributed by atoms with van der Waals surface area (Å²) < 4.78 is 5.69. The van der Waals surface area contributed by atoms with Crippen molar-refractivity contribution < 1.29 is 9.84 Å². The molecule has 0 spiro atoms. The molecular formula is C15H15Cl2NO2. The first-order valence-corrected chi connectivity index (χ1v) is 6.99. The number of aliphatic hydroxyl groups excluding tert-OH is 1. The van der Waals surface area contributed by atoms with E-state index in [4.69, 9.17) is 27.9 Å². The van der Waals surface area contributed by atoms with Gasteiger partial charge in [-0.15, -0.1) is 0 Å². The number of para-hydroxylation sites is 1. The van der Waals surface area contributed by atoms with Crippen LogP contribution in [-0.4, -0.2) is 16.2 Å². The van der Waals surface area contributed by atoms with E-state index in [-0.39, 0.29) is 6.10 Å². The standard InChI is InChI=1S/C15H15Cl2NO2/c1-9(2)20-13-6-4-3-5-11(13)15(19)14-12(17)7-10(16)8-18-14/h3-9,15,19H,1-2H3. The van der Waals surface area contributed by atoms with Crippen molar-refractivity contribution in [2.24, 2.45) is 0 Å². The molecule has 0 aliphatic carbocycles. The SMILES string of the molecule is CC(C)Oc1ccccc1C(O)c1ncc(Cl)cc1Cl. The van der Waals surface area contributed by atoms with Gasteiger partial charge in [-0.25, -0.2) is 0 Å². The van der Waals surface area contributed by atoms with Crippen molar-refractivity contribution in [1.82, 2.24) is 4.98 Å². The van der Waals surface area contributed by atoms with Crippen molar-refractivity contribution in [2.75, 3.05) is 0 Å². The van der Waals surface area contributed by atoms with E-state index in [1.165, 1.54) is 6.20 Å². The van der Waals surface area contributed by atoms with E-state index in [2.05, 4.69) is 4.98 Å². The Morgan fingerprint density at radius 2 is 1.90 bits per heavy atom. The van der Waals surface area contributed by atoms with Gasteiger partial charge < -0.3 is 9.84 Å². The molecule has 1 atom stereocenters. The minimum absolute atomic E-state index is 0.0111. The smallest absolute Gasteiger partial charge is 0.126 e. The highest BCUT2D eigenvalue weighted by Gasteiger charge is 2.20. The molecule has 0 saturated carbocycles. The van der Waals surface area contributed by atoms with Gasteiger partial charge in [-0.05, 0) is 26.0 Å². The first-order chi connectivity index (χ1) is 9.49. The van der Waals surface area contributed by atoms with Gasteiger partial charge in [-0.2, -0.15) is 0 Å². The molecule has 0 aliphatic rings. The summed E-state index contributed by atoms with van der Waals surface area (Å²) in [5, 5.41) is 11.2. The Bertz CT molecular complexity index is 602. The quantitative estimate of drug-likeness (QED) is 0.917. The number of hydrogen-bond donors (Lipinski definition) is 1. The Labute approximate surface area is 128 Å². The lowest BCUT2D eigenvalue weighted by Crippen LogP contribution is -2.10. The normalized spacial score (nSPS) is 12.5. The van der Waals surface area contributed by atoms with E-state index in [9.17, 15) is 5.11 Å². The largest absolute Gasteiger partial charge is 0.491 e. The highest BCUT2D eigenvalue weighted by molar-refractivity contribution is 6.34. The molecule has 0 bridgehead atoms. The van der Waals surface area contributed by atoms with E-state index >= 15 is 0 Å². The molecule has 1 N–H and O–H groups in total. The Morgan fingerprint density at radius 3 is 2.55 bits per heavy atom. The Balaban J connectivity index is 2.40. The van der Waals surface area contributed by atoms with Crippen LogP contribution in [0.15, 0.2) is 36.5 Å². The second-order valence-corrected chi connectivity index (χ2v) is 5.47. The van der Waals surface area contributed by atoms with Crippen LogP contribution in [0.4, 0.5) is 0 Å². The molecule has 1 aromatic heterocycles. The molecule has 20 heavy (non-hydrogen) atoms. The predicted molar refractivity (Wildman–Crippen MR) is 80.5 cm³/mol. The summed E-state index contributed by atoms with van der Waals surface area (Å²) in [4.78, 5) is 4.10. The van der Waals surface area contributed by atoms with Crippen LogP contribution in [-0.2, 0) is 0 Å². The number of ether oxygens (including phenoxy) is 1. The molecule has 3 nitrogen and oxygen atoms in total. The fourth-order valence-electron chi connectivity index (χ4n) is 1.84. The van der Waals surface area contributed by atoms with Gasteiger partial charge in [0.05, 0.1) is 21.8 Å². The maximum atomic E-state index is 10.5. The lowest BCUT2D eigenvalue weighted by Gasteiger charge is -2.18. The van der Waals surface area contributed by atoms with Crippen molar-refractivity contribution in [3.63, 3.8) is 0 Å². The topological polar surface area (TPSA) is 42.4 Å². The predicted octanol–water partition coefficient (Wildman–Crippen LogP) is 4.26. The molecule has 5 heteroatoms. The average Bonchev–Trinajstić information content (AvgIpc) is 2.38. The van der Waals surface area contributed by atoms with Crippen molar-refractivity contribution >= 4 is 23.2 Å². The maximum absolute atomic E-state index is 10.5. The van der Waals surface area contributed by atoms with Crippen LogP contribution in [0.3, 0.4) is 0 Å². The van der Waals surface area contributed by atoms with E-state index < -0.39 is 6.10 Å². The highest BCUT2D eigenvalue weighted by Crippen LogP contribution is 2.33.